The first-order valence-corrected chi connectivity index (χ1v) is 7.97. The molecule has 0 saturated heterocycles. The Morgan fingerprint density at radius 1 is 1.15 bits per heavy atom. The second-order valence-electron chi connectivity index (χ2n) is 5.40. The highest BCUT2D eigenvalue weighted by Crippen LogP contribution is 2.44. The van der Waals surface area contributed by atoms with E-state index in [2.05, 4.69) is 38.2 Å². The molecular weight excluding hydrogens is 250 g/mol. The van der Waals surface area contributed by atoms with Crippen LogP contribution in [0.25, 0.3) is 0 Å². The van der Waals surface area contributed by atoms with Crippen LogP contribution >= 0.6 is 0 Å². The molecule has 1 N–H and O–H groups in total. The van der Waals surface area contributed by atoms with Gasteiger partial charge in [-0.3, -0.25) is 0 Å². The molecule has 2 unspecified atom stereocenters. The molecule has 1 aliphatic rings. The number of fused-ring (bicyclic) bond motifs is 1. The van der Waals surface area contributed by atoms with E-state index in [-0.39, 0.29) is 6.10 Å². The van der Waals surface area contributed by atoms with Crippen molar-refractivity contribution in [3.63, 3.8) is 0 Å². The Labute approximate surface area is 122 Å². The molecule has 1 aromatic carbocycles. The van der Waals surface area contributed by atoms with Gasteiger partial charge in [-0.25, -0.2) is 0 Å². The normalized spacial score (nSPS) is 20.6. The van der Waals surface area contributed by atoms with Crippen LogP contribution < -0.4 is 14.8 Å². The molecule has 1 heterocycles. The molecule has 2 rings (SSSR count). The highest BCUT2D eigenvalue weighted by Gasteiger charge is 2.35. The predicted octanol–water partition coefficient (Wildman–Crippen LogP) is 4.08. The summed E-state index contributed by atoms with van der Waals surface area (Å²) in [7, 11) is 0. The van der Waals surface area contributed by atoms with Crippen molar-refractivity contribution in [3.8, 4) is 11.5 Å². The molecule has 1 aromatic rings. The van der Waals surface area contributed by atoms with Gasteiger partial charge in [0.15, 0.2) is 11.5 Å². The Balaban J connectivity index is 2.21. The quantitative estimate of drug-likeness (QED) is 0.776. The molecule has 0 bridgehead atoms. The molecule has 112 valence electrons. The predicted molar refractivity (Wildman–Crippen MR) is 82.6 cm³/mol. The van der Waals surface area contributed by atoms with Crippen molar-refractivity contribution in [3.05, 3.63) is 23.8 Å². The van der Waals surface area contributed by atoms with Crippen molar-refractivity contribution in [2.24, 2.45) is 0 Å². The van der Waals surface area contributed by atoms with Gasteiger partial charge in [0, 0.05) is 5.56 Å². The van der Waals surface area contributed by atoms with Crippen molar-refractivity contribution in [1.29, 1.82) is 0 Å². The van der Waals surface area contributed by atoms with Crippen molar-refractivity contribution in [2.45, 2.75) is 58.6 Å². The molecule has 0 aromatic heterocycles. The van der Waals surface area contributed by atoms with Crippen LogP contribution in [-0.2, 0) is 0 Å². The van der Waals surface area contributed by atoms with Crippen LogP contribution in [0.5, 0.6) is 11.5 Å². The molecule has 0 spiro atoms. The van der Waals surface area contributed by atoms with E-state index in [0.29, 0.717) is 6.04 Å². The summed E-state index contributed by atoms with van der Waals surface area (Å²) < 4.78 is 12.0. The zero-order chi connectivity index (χ0) is 14.4. The highest BCUT2D eigenvalue weighted by molar-refractivity contribution is 5.51. The van der Waals surface area contributed by atoms with Crippen LogP contribution in [0.2, 0.25) is 0 Å². The van der Waals surface area contributed by atoms with Gasteiger partial charge in [0.1, 0.15) is 6.10 Å². The minimum atomic E-state index is 0.230. The average Bonchev–Trinajstić information content (AvgIpc) is 2.81. The van der Waals surface area contributed by atoms with Crippen LogP contribution in [0, 0.1) is 0 Å². The van der Waals surface area contributed by atoms with E-state index in [9.17, 15) is 0 Å². The smallest absolute Gasteiger partial charge is 0.166 e. The fourth-order valence-corrected chi connectivity index (χ4v) is 2.70. The maximum Gasteiger partial charge on any atom is 0.166 e. The molecule has 20 heavy (non-hydrogen) atoms. The molecule has 0 amide bonds. The Kier molecular flexibility index (Phi) is 5.72. The molecule has 0 fully saturated rings. The molecule has 0 radical (unpaired) electrons. The Hall–Kier alpha value is -1.22. The number of para-hydroxylation sites is 1. The lowest BCUT2D eigenvalue weighted by Gasteiger charge is -2.19. The molecular formula is C17H27NO2. The minimum Gasteiger partial charge on any atom is -0.490 e. The number of hydrogen-bond acceptors (Lipinski definition) is 3. The van der Waals surface area contributed by atoms with E-state index >= 15 is 0 Å². The largest absolute Gasteiger partial charge is 0.490 e. The number of rotatable bonds is 8. The van der Waals surface area contributed by atoms with Crippen molar-refractivity contribution >= 4 is 0 Å². The highest BCUT2D eigenvalue weighted by atomic mass is 16.5. The van der Waals surface area contributed by atoms with Gasteiger partial charge < -0.3 is 14.8 Å². The van der Waals surface area contributed by atoms with Crippen LogP contribution in [0.15, 0.2) is 18.2 Å². The summed E-state index contributed by atoms with van der Waals surface area (Å²) in [5, 5.41) is 3.63. The van der Waals surface area contributed by atoms with Gasteiger partial charge in [0.05, 0.1) is 12.6 Å². The summed E-state index contributed by atoms with van der Waals surface area (Å²) in [6, 6.07) is 6.55. The summed E-state index contributed by atoms with van der Waals surface area (Å²) >= 11 is 0. The van der Waals surface area contributed by atoms with Gasteiger partial charge in [-0.05, 0) is 31.9 Å². The maximum absolute atomic E-state index is 6.20. The number of benzene rings is 1. The van der Waals surface area contributed by atoms with Crippen molar-refractivity contribution in [2.75, 3.05) is 13.2 Å². The van der Waals surface area contributed by atoms with Crippen molar-refractivity contribution < 1.29 is 9.47 Å². The number of ether oxygens (including phenoxy) is 2. The zero-order valence-corrected chi connectivity index (χ0v) is 12.9. The van der Waals surface area contributed by atoms with Gasteiger partial charge >= 0.3 is 0 Å². The molecule has 0 aliphatic carbocycles. The van der Waals surface area contributed by atoms with Gasteiger partial charge in [-0.2, -0.15) is 0 Å². The molecule has 0 saturated carbocycles. The van der Waals surface area contributed by atoms with E-state index < -0.39 is 0 Å². The molecule has 1 aliphatic heterocycles. The van der Waals surface area contributed by atoms with Crippen LogP contribution in [-0.4, -0.2) is 19.3 Å². The molecule has 3 nitrogen and oxygen atoms in total. The minimum absolute atomic E-state index is 0.230. The zero-order valence-electron chi connectivity index (χ0n) is 12.9. The van der Waals surface area contributed by atoms with Gasteiger partial charge in [0.25, 0.3) is 0 Å². The maximum atomic E-state index is 6.20. The van der Waals surface area contributed by atoms with E-state index in [4.69, 9.17) is 9.47 Å². The van der Waals surface area contributed by atoms with Crippen LogP contribution in [0.4, 0.5) is 0 Å². The Bertz CT molecular complexity index is 419. The number of hydrogen-bond donors (Lipinski definition) is 1. The fraction of sp³-hybridized carbons (Fsp3) is 0.647. The molecule has 3 heteroatoms. The summed E-state index contributed by atoms with van der Waals surface area (Å²) in [5.41, 5.74) is 1.26. The third-order valence-electron chi connectivity index (χ3n) is 3.63. The van der Waals surface area contributed by atoms with E-state index in [0.717, 1.165) is 50.3 Å². The number of nitrogens with one attached hydrogen (secondary N) is 1. The summed E-state index contributed by atoms with van der Waals surface area (Å²) in [4.78, 5) is 0. The van der Waals surface area contributed by atoms with Crippen molar-refractivity contribution in [1.82, 2.24) is 5.32 Å². The summed E-state index contributed by atoms with van der Waals surface area (Å²) in [6.07, 6.45) is 4.58. The Morgan fingerprint density at radius 3 is 2.70 bits per heavy atom. The second-order valence-corrected chi connectivity index (χ2v) is 5.40. The Morgan fingerprint density at radius 2 is 2.00 bits per heavy atom. The van der Waals surface area contributed by atoms with E-state index in [1.807, 2.05) is 6.07 Å². The van der Waals surface area contributed by atoms with Gasteiger partial charge in [-0.1, -0.05) is 39.3 Å². The van der Waals surface area contributed by atoms with Crippen LogP contribution in [0.1, 0.15) is 58.1 Å². The van der Waals surface area contributed by atoms with Gasteiger partial charge in [0.2, 0.25) is 0 Å². The van der Waals surface area contributed by atoms with E-state index in [1.54, 1.807) is 0 Å². The third kappa shape index (κ3) is 3.26. The first kappa shape index (κ1) is 15.2. The lowest BCUT2D eigenvalue weighted by molar-refractivity contribution is 0.171. The topological polar surface area (TPSA) is 30.5 Å². The monoisotopic (exact) mass is 277 g/mol. The average molecular weight is 277 g/mol. The standard InChI is InChI=1S/C17H27NO2/c1-4-8-14-16(18-11-5-2)13-9-7-10-15(17(13)20-14)19-12-6-3/h7,9-10,14,16,18H,4-6,8,11-12H2,1-3H3. The van der Waals surface area contributed by atoms with Gasteiger partial charge in [-0.15, -0.1) is 0 Å². The first-order chi connectivity index (χ1) is 9.81. The molecule has 2 atom stereocenters. The lowest BCUT2D eigenvalue weighted by atomic mass is 10.0. The third-order valence-corrected chi connectivity index (χ3v) is 3.63. The SMILES string of the molecule is CCCNC1c2cccc(OCCC)c2OC1CCC. The van der Waals surface area contributed by atoms with E-state index in [1.165, 1.54) is 5.56 Å². The van der Waals surface area contributed by atoms with Crippen LogP contribution in [0.3, 0.4) is 0 Å². The summed E-state index contributed by atoms with van der Waals surface area (Å²) in [6.45, 7) is 8.28. The second kappa shape index (κ2) is 7.53. The lowest BCUT2D eigenvalue weighted by Crippen LogP contribution is -2.31. The summed E-state index contributed by atoms with van der Waals surface area (Å²) in [5.74, 6) is 1.85. The first-order valence-electron chi connectivity index (χ1n) is 7.97. The fourth-order valence-electron chi connectivity index (χ4n) is 2.70.